The van der Waals surface area contributed by atoms with E-state index < -0.39 is 0 Å². The molecule has 3 heterocycles. The normalized spacial score (nSPS) is 20.7. The van der Waals surface area contributed by atoms with E-state index in [9.17, 15) is 0 Å². The van der Waals surface area contributed by atoms with Crippen molar-refractivity contribution in [1.82, 2.24) is 9.88 Å². The van der Waals surface area contributed by atoms with Crippen molar-refractivity contribution in [3.8, 4) is 0 Å². The quantitative estimate of drug-likeness (QED) is 0.829. The maximum atomic E-state index is 5.48. The fraction of sp³-hybridized carbons (Fsp3) is 0.706. The van der Waals surface area contributed by atoms with Gasteiger partial charge in [-0.3, -0.25) is 4.90 Å². The first-order valence-corrected chi connectivity index (χ1v) is 8.34. The molecular weight excluding hydrogens is 278 g/mol. The van der Waals surface area contributed by atoms with Gasteiger partial charge in [0.1, 0.15) is 5.82 Å². The van der Waals surface area contributed by atoms with Crippen molar-refractivity contribution in [3.05, 3.63) is 23.9 Å². The minimum absolute atomic E-state index is 0.746. The lowest BCUT2D eigenvalue weighted by Crippen LogP contribution is -2.36. The third-order valence-corrected chi connectivity index (χ3v) is 4.67. The van der Waals surface area contributed by atoms with Crippen LogP contribution in [0, 0.1) is 5.92 Å². The Balaban J connectivity index is 1.67. The van der Waals surface area contributed by atoms with Gasteiger partial charge in [0, 0.05) is 64.8 Å². The lowest BCUT2D eigenvalue weighted by atomic mass is 9.99. The average molecular weight is 305 g/mol. The Morgan fingerprint density at radius 3 is 3.00 bits per heavy atom. The number of aromatic nitrogens is 1. The fourth-order valence-electron chi connectivity index (χ4n) is 3.40. The highest BCUT2D eigenvalue weighted by molar-refractivity contribution is 5.47. The van der Waals surface area contributed by atoms with Gasteiger partial charge in [-0.1, -0.05) is 6.07 Å². The molecule has 0 N–H and O–H groups in total. The Labute approximate surface area is 133 Å². The van der Waals surface area contributed by atoms with E-state index in [1.807, 2.05) is 12.3 Å². The summed E-state index contributed by atoms with van der Waals surface area (Å²) in [4.78, 5) is 9.57. The van der Waals surface area contributed by atoms with Crippen molar-refractivity contribution in [2.24, 2.45) is 5.92 Å². The molecule has 1 aromatic heterocycles. The molecule has 0 radical (unpaired) electrons. The average Bonchev–Trinajstić information content (AvgIpc) is 2.73. The molecule has 0 aliphatic carbocycles. The lowest BCUT2D eigenvalue weighted by Gasteiger charge is -2.29. The standard InChI is InChI=1S/C17H27N3O2/c1-21-12-9-20-8-7-19(13-15-4-10-22-11-5-15)14-16-3-2-6-18-17(16)20/h2-3,6,15H,4-5,7-14H2,1H3. The zero-order valence-corrected chi connectivity index (χ0v) is 13.5. The second kappa shape index (κ2) is 7.90. The van der Waals surface area contributed by atoms with Crippen molar-refractivity contribution < 1.29 is 9.47 Å². The molecule has 0 bridgehead atoms. The molecule has 2 aliphatic rings. The van der Waals surface area contributed by atoms with Crippen LogP contribution in [0.3, 0.4) is 0 Å². The van der Waals surface area contributed by atoms with Crippen LogP contribution in [-0.4, -0.2) is 63.0 Å². The molecule has 5 heteroatoms. The first kappa shape index (κ1) is 15.7. The van der Waals surface area contributed by atoms with Gasteiger partial charge in [-0.2, -0.15) is 0 Å². The van der Waals surface area contributed by atoms with Crippen molar-refractivity contribution in [2.45, 2.75) is 19.4 Å². The number of hydrogen-bond acceptors (Lipinski definition) is 5. The van der Waals surface area contributed by atoms with Crippen molar-refractivity contribution in [2.75, 3.05) is 58.0 Å². The summed E-state index contributed by atoms with van der Waals surface area (Å²) in [5.74, 6) is 1.91. The summed E-state index contributed by atoms with van der Waals surface area (Å²) in [6.45, 7) is 7.81. The highest BCUT2D eigenvalue weighted by Gasteiger charge is 2.23. The number of anilines is 1. The van der Waals surface area contributed by atoms with Crippen LogP contribution in [0.2, 0.25) is 0 Å². The van der Waals surface area contributed by atoms with Gasteiger partial charge < -0.3 is 14.4 Å². The van der Waals surface area contributed by atoms with Crippen LogP contribution in [0.4, 0.5) is 5.82 Å². The van der Waals surface area contributed by atoms with E-state index in [2.05, 4.69) is 20.9 Å². The van der Waals surface area contributed by atoms with Crippen LogP contribution in [-0.2, 0) is 16.0 Å². The summed E-state index contributed by atoms with van der Waals surface area (Å²) >= 11 is 0. The van der Waals surface area contributed by atoms with E-state index >= 15 is 0 Å². The van der Waals surface area contributed by atoms with Gasteiger partial charge in [0.2, 0.25) is 0 Å². The number of methoxy groups -OCH3 is 1. The van der Waals surface area contributed by atoms with Gasteiger partial charge in [0.05, 0.1) is 6.61 Å². The first-order valence-electron chi connectivity index (χ1n) is 8.34. The van der Waals surface area contributed by atoms with Crippen molar-refractivity contribution in [3.63, 3.8) is 0 Å². The second-order valence-electron chi connectivity index (χ2n) is 6.26. The number of ether oxygens (including phenoxy) is 2. The Morgan fingerprint density at radius 2 is 2.18 bits per heavy atom. The van der Waals surface area contributed by atoms with Crippen molar-refractivity contribution >= 4 is 5.82 Å². The third kappa shape index (κ3) is 3.97. The third-order valence-electron chi connectivity index (χ3n) is 4.67. The van der Waals surface area contributed by atoms with Crippen LogP contribution in [0.15, 0.2) is 18.3 Å². The molecule has 1 fully saturated rings. The molecule has 0 amide bonds. The minimum Gasteiger partial charge on any atom is -0.383 e. The highest BCUT2D eigenvalue weighted by atomic mass is 16.5. The Hall–Kier alpha value is -1.17. The predicted octanol–water partition coefficient (Wildman–Crippen LogP) is 1.78. The largest absolute Gasteiger partial charge is 0.383 e. The van der Waals surface area contributed by atoms with E-state index in [1.165, 1.54) is 24.9 Å². The number of fused-ring (bicyclic) bond motifs is 1. The van der Waals surface area contributed by atoms with Crippen LogP contribution in [0.5, 0.6) is 0 Å². The SMILES string of the molecule is COCCN1CCN(CC2CCOCC2)Cc2cccnc21. The van der Waals surface area contributed by atoms with E-state index in [0.717, 1.165) is 57.7 Å². The van der Waals surface area contributed by atoms with Gasteiger partial charge >= 0.3 is 0 Å². The molecule has 5 nitrogen and oxygen atoms in total. The smallest absolute Gasteiger partial charge is 0.133 e. The zero-order chi connectivity index (χ0) is 15.2. The molecule has 3 rings (SSSR count). The van der Waals surface area contributed by atoms with Gasteiger partial charge in [-0.25, -0.2) is 4.98 Å². The summed E-state index contributed by atoms with van der Waals surface area (Å²) in [5, 5.41) is 0. The number of nitrogens with zero attached hydrogens (tertiary/aromatic N) is 3. The maximum absolute atomic E-state index is 5.48. The Bertz CT molecular complexity index is 463. The number of hydrogen-bond donors (Lipinski definition) is 0. The van der Waals surface area contributed by atoms with Gasteiger partial charge in [-0.05, 0) is 24.8 Å². The minimum atomic E-state index is 0.746. The summed E-state index contributed by atoms with van der Waals surface area (Å²) in [7, 11) is 1.76. The lowest BCUT2D eigenvalue weighted by molar-refractivity contribution is 0.0520. The molecule has 0 atom stereocenters. The van der Waals surface area contributed by atoms with E-state index in [-0.39, 0.29) is 0 Å². The molecular formula is C17H27N3O2. The molecule has 0 spiro atoms. The van der Waals surface area contributed by atoms with E-state index in [4.69, 9.17) is 9.47 Å². The first-order chi connectivity index (χ1) is 10.9. The molecule has 0 unspecified atom stereocenters. The number of pyridine rings is 1. The summed E-state index contributed by atoms with van der Waals surface area (Å²) in [5.41, 5.74) is 1.34. The second-order valence-corrected chi connectivity index (χ2v) is 6.26. The van der Waals surface area contributed by atoms with Gasteiger partial charge in [-0.15, -0.1) is 0 Å². The van der Waals surface area contributed by atoms with E-state index in [1.54, 1.807) is 7.11 Å². The van der Waals surface area contributed by atoms with Crippen LogP contribution >= 0.6 is 0 Å². The van der Waals surface area contributed by atoms with Gasteiger partial charge in [0.25, 0.3) is 0 Å². The molecule has 0 aromatic carbocycles. The monoisotopic (exact) mass is 305 g/mol. The maximum Gasteiger partial charge on any atom is 0.133 e. The van der Waals surface area contributed by atoms with Crippen LogP contribution in [0.25, 0.3) is 0 Å². The Morgan fingerprint density at radius 1 is 1.32 bits per heavy atom. The Kier molecular flexibility index (Phi) is 5.64. The molecule has 22 heavy (non-hydrogen) atoms. The predicted molar refractivity (Wildman–Crippen MR) is 87.1 cm³/mol. The molecule has 1 aromatic rings. The van der Waals surface area contributed by atoms with Crippen molar-refractivity contribution in [1.29, 1.82) is 0 Å². The highest BCUT2D eigenvalue weighted by Crippen LogP contribution is 2.24. The number of rotatable bonds is 5. The topological polar surface area (TPSA) is 37.8 Å². The summed E-state index contributed by atoms with van der Waals surface area (Å²) in [6.07, 6.45) is 4.29. The summed E-state index contributed by atoms with van der Waals surface area (Å²) < 4.78 is 10.7. The zero-order valence-electron chi connectivity index (χ0n) is 13.5. The molecule has 1 saturated heterocycles. The van der Waals surface area contributed by atoms with Crippen LogP contribution < -0.4 is 4.90 Å². The van der Waals surface area contributed by atoms with Gasteiger partial charge in [0.15, 0.2) is 0 Å². The van der Waals surface area contributed by atoms with E-state index in [0.29, 0.717) is 0 Å². The molecule has 122 valence electrons. The molecule has 2 aliphatic heterocycles. The summed E-state index contributed by atoms with van der Waals surface area (Å²) in [6, 6.07) is 4.26. The fourth-order valence-corrected chi connectivity index (χ4v) is 3.40. The molecule has 0 saturated carbocycles. The van der Waals surface area contributed by atoms with Crippen LogP contribution in [0.1, 0.15) is 18.4 Å².